The minimum absolute atomic E-state index is 0.286. The summed E-state index contributed by atoms with van der Waals surface area (Å²) in [6.45, 7) is 4.33. The number of nitrogens with one attached hydrogen (secondary N) is 1. The molecule has 2 rings (SSSR count). The maximum atomic E-state index is 6.06. The Morgan fingerprint density at radius 1 is 1.06 bits per heavy atom. The van der Waals surface area contributed by atoms with Gasteiger partial charge in [0.1, 0.15) is 0 Å². The molecule has 3 N–H and O–H groups in total. The molecule has 0 radical (unpaired) electrons. The molecule has 0 aliphatic heterocycles. The molecule has 0 bridgehead atoms. The van der Waals surface area contributed by atoms with Gasteiger partial charge in [-0.2, -0.15) is 0 Å². The SMILES string of the molecule is CCCC1CCC(CN)(NCCC2CCC2)CC1. The Kier molecular flexibility index (Phi) is 5.50. The average Bonchev–Trinajstić information content (AvgIpc) is 2.35. The van der Waals surface area contributed by atoms with Crippen LogP contribution in [0.5, 0.6) is 0 Å². The van der Waals surface area contributed by atoms with Crippen LogP contribution < -0.4 is 11.1 Å². The fourth-order valence-corrected chi connectivity index (χ4v) is 3.70. The molecule has 2 fully saturated rings. The highest BCUT2D eigenvalue weighted by molar-refractivity contribution is 4.94. The summed E-state index contributed by atoms with van der Waals surface area (Å²) in [5.41, 5.74) is 6.34. The van der Waals surface area contributed by atoms with Crippen LogP contribution in [0.1, 0.15) is 71.1 Å². The maximum absolute atomic E-state index is 6.06. The van der Waals surface area contributed by atoms with Crippen molar-refractivity contribution in [2.75, 3.05) is 13.1 Å². The van der Waals surface area contributed by atoms with Crippen molar-refractivity contribution in [3.05, 3.63) is 0 Å². The summed E-state index contributed by atoms with van der Waals surface area (Å²) in [5.74, 6) is 1.99. The van der Waals surface area contributed by atoms with Crippen LogP contribution in [0.3, 0.4) is 0 Å². The number of rotatable bonds is 7. The summed E-state index contributed by atoms with van der Waals surface area (Å²) in [6, 6.07) is 0. The molecule has 18 heavy (non-hydrogen) atoms. The fourth-order valence-electron chi connectivity index (χ4n) is 3.70. The van der Waals surface area contributed by atoms with Gasteiger partial charge in [0.15, 0.2) is 0 Å². The smallest absolute Gasteiger partial charge is 0.0304 e. The Labute approximate surface area is 113 Å². The molecule has 0 aromatic carbocycles. The normalized spacial score (nSPS) is 33.3. The standard InChI is InChI=1S/C16H32N2/c1-2-4-14-7-10-16(13-17,11-8-14)18-12-9-15-5-3-6-15/h14-15,18H,2-13,17H2,1H3. The lowest BCUT2D eigenvalue weighted by atomic mass is 9.74. The third-order valence-electron chi connectivity index (χ3n) is 5.43. The molecule has 0 aromatic rings. The molecular formula is C16H32N2. The average molecular weight is 252 g/mol. The molecular weight excluding hydrogens is 220 g/mol. The van der Waals surface area contributed by atoms with E-state index in [9.17, 15) is 0 Å². The van der Waals surface area contributed by atoms with Crippen molar-refractivity contribution >= 4 is 0 Å². The highest BCUT2D eigenvalue weighted by Crippen LogP contribution is 2.34. The zero-order valence-electron chi connectivity index (χ0n) is 12.2. The van der Waals surface area contributed by atoms with Crippen LogP contribution >= 0.6 is 0 Å². The zero-order valence-corrected chi connectivity index (χ0v) is 12.2. The summed E-state index contributed by atoms with van der Waals surface area (Å²) in [5, 5.41) is 3.82. The van der Waals surface area contributed by atoms with Crippen LogP contribution in [0.15, 0.2) is 0 Å². The van der Waals surface area contributed by atoms with Gasteiger partial charge in [0.25, 0.3) is 0 Å². The minimum Gasteiger partial charge on any atom is -0.329 e. The fraction of sp³-hybridized carbons (Fsp3) is 1.00. The van der Waals surface area contributed by atoms with Gasteiger partial charge in [-0.1, -0.05) is 39.0 Å². The van der Waals surface area contributed by atoms with E-state index in [1.165, 1.54) is 70.8 Å². The molecule has 2 nitrogen and oxygen atoms in total. The first-order valence-electron chi connectivity index (χ1n) is 8.23. The highest BCUT2D eigenvalue weighted by Gasteiger charge is 2.33. The third-order valence-corrected chi connectivity index (χ3v) is 5.43. The number of hydrogen-bond acceptors (Lipinski definition) is 2. The van der Waals surface area contributed by atoms with Gasteiger partial charge in [-0.25, -0.2) is 0 Å². The molecule has 0 spiro atoms. The molecule has 0 heterocycles. The van der Waals surface area contributed by atoms with Crippen molar-refractivity contribution in [2.45, 2.75) is 76.7 Å². The van der Waals surface area contributed by atoms with Gasteiger partial charge in [0.2, 0.25) is 0 Å². The first-order chi connectivity index (χ1) is 8.78. The minimum atomic E-state index is 0.286. The molecule has 0 atom stereocenters. The third kappa shape index (κ3) is 3.71. The monoisotopic (exact) mass is 252 g/mol. The van der Waals surface area contributed by atoms with Gasteiger partial charge >= 0.3 is 0 Å². The second-order valence-corrected chi connectivity index (χ2v) is 6.73. The van der Waals surface area contributed by atoms with Crippen molar-refractivity contribution < 1.29 is 0 Å². The largest absolute Gasteiger partial charge is 0.329 e. The Hall–Kier alpha value is -0.0800. The van der Waals surface area contributed by atoms with Gasteiger partial charge in [-0.3, -0.25) is 0 Å². The quantitative estimate of drug-likeness (QED) is 0.728. The van der Waals surface area contributed by atoms with E-state index in [1.54, 1.807) is 0 Å². The molecule has 0 aromatic heterocycles. The van der Waals surface area contributed by atoms with Gasteiger partial charge in [-0.05, 0) is 50.5 Å². The Morgan fingerprint density at radius 3 is 2.22 bits per heavy atom. The van der Waals surface area contributed by atoms with Gasteiger partial charge in [0, 0.05) is 12.1 Å². The lowest BCUT2D eigenvalue weighted by molar-refractivity contribution is 0.179. The van der Waals surface area contributed by atoms with Gasteiger partial charge in [0.05, 0.1) is 0 Å². The van der Waals surface area contributed by atoms with E-state index in [2.05, 4.69) is 12.2 Å². The first kappa shape index (κ1) is 14.3. The second kappa shape index (κ2) is 6.91. The van der Waals surface area contributed by atoms with Crippen LogP contribution in [0.2, 0.25) is 0 Å². The van der Waals surface area contributed by atoms with E-state index in [4.69, 9.17) is 5.73 Å². The van der Waals surface area contributed by atoms with Crippen molar-refractivity contribution in [2.24, 2.45) is 17.6 Å². The topological polar surface area (TPSA) is 38.0 Å². The Morgan fingerprint density at radius 2 is 1.72 bits per heavy atom. The predicted octanol–water partition coefficient (Wildman–Crippen LogP) is 3.45. The summed E-state index contributed by atoms with van der Waals surface area (Å²) < 4.78 is 0. The second-order valence-electron chi connectivity index (χ2n) is 6.73. The lowest BCUT2D eigenvalue weighted by Gasteiger charge is -2.41. The number of nitrogens with two attached hydrogens (primary N) is 1. The summed E-state index contributed by atoms with van der Waals surface area (Å²) in [4.78, 5) is 0. The van der Waals surface area contributed by atoms with E-state index in [1.807, 2.05) is 0 Å². The summed E-state index contributed by atoms with van der Waals surface area (Å²) in [6.07, 6.45) is 13.9. The number of hydrogen-bond donors (Lipinski definition) is 2. The van der Waals surface area contributed by atoms with E-state index in [-0.39, 0.29) is 5.54 Å². The van der Waals surface area contributed by atoms with Crippen LogP contribution in [0.25, 0.3) is 0 Å². The summed E-state index contributed by atoms with van der Waals surface area (Å²) >= 11 is 0. The zero-order chi connectivity index (χ0) is 12.8. The summed E-state index contributed by atoms with van der Waals surface area (Å²) in [7, 11) is 0. The van der Waals surface area contributed by atoms with Crippen LogP contribution in [0.4, 0.5) is 0 Å². The molecule has 0 saturated heterocycles. The van der Waals surface area contributed by atoms with Crippen LogP contribution in [-0.4, -0.2) is 18.6 Å². The molecule has 2 aliphatic carbocycles. The molecule has 0 unspecified atom stereocenters. The highest BCUT2D eigenvalue weighted by atomic mass is 15.0. The molecule has 106 valence electrons. The van der Waals surface area contributed by atoms with Crippen molar-refractivity contribution in [1.29, 1.82) is 0 Å². The van der Waals surface area contributed by atoms with E-state index in [0.717, 1.165) is 18.4 Å². The van der Waals surface area contributed by atoms with Gasteiger partial charge < -0.3 is 11.1 Å². The predicted molar refractivity (Wildman–Crippen MR) is 78.6 cm³/mol. The maximum Gasteiger partial charge on any atom is 0.0304 e. The molecule has 2 aliphatic rings. The lowest BCUT2D eigenvalue weighted by Crippen LogP contribution is -2.53. The van der Waals surface area contributed by atoms with E-state index >= 15 is 0 Å². The molecule has 2 heteroatoms. The van der Waals surface area contributed by atoms with E-state index in [0.29, 0.717) is 0 Å². The molecule has 0 amide bonds. The first-order valence-corrected chi connectivity index (χ1v) is 8.23. The molecule has 2 saturated carbocycles. The van der Waals surface area contributed by atoms with Crippen molar-refractivity contribution in [1.82, 2.24) is 5.32 Å². The van der Waals surface area contributed by atoms with Crippen molar-refractivity contribution in [3.63, 3.8) is 0 Å². The van der Waals surface area contributed by atoms with Gasteiger partial charge in [-0.15, -0.1) is 0 Å². The van der Waals surface area contributed by atoms with Crippen molar-refractivity contribution in [3.8, 4) is 0 Å². The van der Waals surface area contributed by atoms with Crippen LogP contribution in [0, 0.1) is 11.8 Å². The Balaban J connectivity index is 1.69. The Bertz CT molecular complexity index is 227. The van der Waals surface area contributed by atoms with E-state index < -0.39 is 0 Å². The van der Waals surface area contributed by atoms with Crippen LogP contribution in [-0.2, 0) is 0 Å².